The van der Waals surface area contributed by atoms with Gasteiger partial charge in [-0.05, 0) is 45.2 Å². The number of hydrogen-bond donors (Lipinski definition) is 0. The summed E-state index contributed by atoms with van der Waals surface area (Å²) in [4.78, 5) is 2.80. The third-order valence-electron chi connectivity index (χ3n) is 3.07. The Morgan fingerprint density at radius 1 is 1.60 bits per heavy atom. The fourth-order valence-corrected chi connectivity index (χ4v) is 3.57. The molecule has 0 aromatic carbocycles. The largest absolute Gasteiger partial charge is 0.366 e. The van der Waals surface area contributed by atoms with Crippen LogP contribution >= 0.6 is 27.3 Å². The number of halogens is 1. The van der Waals surface area contributed by atoms with Gasteiger partial charge >= 0.3 is 0 Å². The standard InChI is InChI=1S/C12H17BrOS/c1-8-6-10(9(2)15-8)11-4-5-12(3,7-13)14-11/h6,11H,4-5,7H2,1-3H3. The van der Waals surface area contributed by atoms with Gasteiger partial charge < -0.3 is 4.74 Å². The Morgan fingerprint density at radius 3 is 2.80 bits per heavy atom. The quantitative estimate of drug-likeness (QED) is 0.735. The molecular formula is C12H17BrOS. The highest BCUT2D eigenvalue weighted by molar-refractivity contribution is 9.09. The van der Waals surface area contributed by atoms with E-state index in [-0.39, 0.29) is 5.60 Å². The summed E-state index contributed by atoms with van der Waals surface area (Å²) in [6.07, 6.45) is 2.62. The van der Waals surface area contributed by atoms with Crippen molar-refractivity contribution in [2.75, 3.05) is 5.33 Å². The Labute approximate surface area is 104 Å². The lowest BCUT2D eigenvalue weighted by Crippen LogP contribution is -2.25. The van der Waals surface area contributed by atoms with E-state index in [9.17, 15) is 0 Å². The molecule has 0 bridgehead atoms. The van der Waals surface area contributed by atoms with Gasteiger partial charge in [0.05, 0.1) is 11.7 Å². The lowest BCUT2D eigenvalue weighted by atomic mass is 10.0. The molecule has 0 saturated carbocycles. The van der Waals surface area contributed by atoms with Gasteiger partial charge in [-0.15, -0.1) is 11.3 Å². The fraction of sp³-hybridized carbons (Fsp3) is 0.667. The highest BCUT2D eigenvalue weighted by Gasteiger charge is 2.36. The van der Waals surface area contributed by atoms with Gasteiger partial charge in [-0.3, -0.25) is 0 Å². The van der Waals surface area contributed by atoms with Crippen LogP contribution in [0.15, 0.2) is 6.07 Å². The topological polar surface area (TPSA) is 9.23 Å². The third kappa shape index (κ3) is 2.29. The minimum atomic E-state index is 0.0347. The first kappa shape index (κ1) is 11.6. The summed E-state index contributed by atoms with van der Waals surface area (Å²) in [7, 11) is 0. The van der Waals surface area contributed by atoms with Crippen molar-refractivity contribution in [1.82, 2.24) is 0 Å². The predicted octanol–water partition coefficient (Wildman–Crippen LogP) is 4.37. The van der Waals surface area contributed by atoms with Crippen LogP contribution in [0.2, 0.25) is 0 Å². The van der Waals surface area contributed by atoms with E-state index in [0.29, 0.717) is 6.10 Å². The van der Waals surface area contributed by atoms with Crippen molar-refractivity contribution >= 4 is 27.3 Å². The van der Waals surface area contributed by atoms with Crippen molar-refractivity contribution in [1.29, 1.82) is 0 Å². The van der Waals surface area contributed by atoms with Crippen LogP contribution in [0, 0.1) is 13.8 Å². The molecule has 1 aliphatic heterocycles. The van der Waals surface area contributed by atoms with E-state index in [1.54, 1.807) is 0 Å². The van der Waals surface area contributed by atoms with Gasteiger partial charge in [0.15, 0.2) is 0 Å². The van der Waals surface area contributed by atoms with E-state index in [1.807, 2.05) is 11.3 Å². The van der Waals surface area contributed by atoms with Crippen LogP contribution in [0.1, 0.15) is 41.2 Å². The molecule has 15 heavy (non-hydrogen) atoms. The second-order valence-corrected chi connectivity index (χ2v) is 6.62. The number of rotatable bonds is 2. The minimum Gasteiger partial charge on any atom is -0.366 e. The maximum Gasteiger partial charge on any atom is 0.0844 e. The van der Waals surface area contributed by atoms with Gasteiger partial charge in [0.1, 0.15) is 0 Å². The summed E-state index contributed by atoms with van der Waals surface area (Å²) in [5.41, 5.74) is 1.44. The normalized spacial score (nSPS) is 31.1. The molecule has 1 saturated heterocycles. The van der Waals surface area contributed by atoms with E-state index >= 15 is 0 Å². The van der Waals surface area contributed by atoms with Gasteiger partial charge in [-0.1, -0.05) is 15.9 Å². The van der Waals surface area contributed by atoms with Crippen LogP contribution in [0.3, 0.4) is 0 Å². The number of hydrogen-bond acceptors (Lipinski definition) is 2. The maximum atomic E-state index is 6.14. The summed E-state index contributed by atoms with van der Waals surface area (Å²) >= 11 is 5.41. The van der Waals surface area contributed by atoms with Crippen LogP contribution in [-0.4, -0.2) is 10.9 Å². The lowest BCUT2D eigenvalue weighted by molar-refractivity contribution is -0.0121. The molecule has 84 valence electrons. The molecule has 1 aromatic rings. The van der Waals surface area contributed by atoms with Crippen LogP contribution in [0.25, 0.3) is 0 Å². The van der Waals surface area contributed by atoms with Gasteiger partial charge in [0.25, 0.3) is 0 Å². The van der Waals surface area contributed by atoms with Gasteiger partial charge in [-0.25, -0.2) is 0 Å². The SMILES string of the molecule is Cc1cc(C2CCC(C)(CBr)O2)c(C)s1. The van der Waals surface area contributed by atoms with Crippen molar-refractivity contribution in [2.24, 2.45) is 0 Å². The molecule has 1 fully saturated rings. The van der Waals surface area contributed by atoms with E-state index < -0.39 is 0 Å². The maximum absolute atomic E-state index is 6.14. The van der Waals surface area contributed by atoms with E-state index in [2.05, 4.69) is 42.8 Å². The van der Waals surface area contributed by atoms with Crippen molar-refractivity contribution in [2.45, 2.75) is 45.3 Å². The van der Waals surface area contributed by atoms with Gasteiger partial charge in [0, 0.05) is 15.1 Å². The third-order valence-corrected chi connectivity index (χ3v) is 5.24. The molecule has 3 heteroatoms. The van der Waals surface area contributed by atoms with Crippen molar-refractivity contribution in [3.05, 3.63) is 21.4 Å². The highest BCUT2D eigenvalue weighted by atomic mass is 79.9. The fourth-order valence-electron chi connectivity index (χ4n) is 2.19. The lowest BCUT2D eigenvalue weighted by Gasteiger charge is -2.22. The van der Waals surface area contributed by atoms with E-state index in [0.717, 1.165) is 18.2 Å². The zero-order chi connectivity index (χ0) is 11.1. The number of ether oxygens (including phenoxy) is 1. The molecule has 2 rings (SSSR count). The molecule has 0 N–H and O–H groups in total. The first-order valence-corrected chi connectivity index (χ1v) is 7.28. The zero-order valence-corrected chi connectivity index (χ0v) is 11.9. The van der Waals surface area contributed by atoms with E-state index in [1.165, 1.54) is 15.3 Å². The molecule has 1 nitrogen and oxygen atoms in total. The summed E-state index contributed by atoms with van der Waals surface area (Å²) < 4.78 is 6.14. The monoisotopic (exact) mass is 288 g/mol. The second kappa shape index (κ2) is 4.19. The van der Waals surface area contributed by atoms with Crippen LogP contribution in [0.4, 0.5) is 0 Å². The van der Waals surface area contributed by atoms with Crippen LogP contribution in [0.5, 0.6) is 0 Å². The Hall–Kier alpha value is 0.140. The average Bonchev–Trinajstić information content (AvgIpc) is 2.71. The molecular weight excluding hydrogens is 272 g/mol. The first-order chi connectivity index (χ1) is 7.04. The molecule has 0 spiro atoms. The van der Waals surface area contributed by atoms with Crippen molar-refractivity contribution in [3.63, 3.8) is 0 Å². The Bertz CT molecular complexity index is 361. The van der Waals surface area contributed by atoms with Gasteiger partial charge in [0.2, 0.25) is 0 Å². The Kier molecular flexibility index (Phi) is 3.25. The summed E-state index contributed by atoms with van der Waals surface area (Å²) in [5.74, 6) is 0. The molecule has 2 unspecified atom stereocenters. The number of aryl methyl sites for hydroxylation is 2. The Balaban J connectivity index is 2.17. The second-order valence-electron chi connectivity index (χ2n) is 4.60. The van der Waals surface area contributed by atoms with E-state index in [4.69, 9.17) is 4.74 Å². The van der Waals surface area contributed by atoms with Crippen molar-refractivity contribution < 1.29 is 4.74 Å². The molecule has 0 amide bonds. The average molecular weight is 289 g/mol. The van der Waals surface area contributed by atoms with Crippen molar-refractivity contribution in [3.8, 4) is 0 Å². The van der Waals surface area contributed by atoms with Crippen LogP contribution in [-0.2, 0) is 4.74 Å². The van der Waals surface area contributed by atoms with Gasteiger partial charge in [-0.2, -0.15) is 0 Å². The number of alkyl halides is 1. The molecule has 0 radical (unpaired) electrons. The molecule has 1 aliphatic rings. The molecule has 2 atom stereocenters. The predicted molar refractivity (Wildman–Crippen MR) is 69.1 cm³/mol. The Morgan fingerprint density at radius 2 is 2.33 bits per heavy atom. The summed E-state index contributed by atoms with van der Waals surface area (Å²) in [5, 5.41) is 0.929. The van der Waals surface area contributed by atoms with Crippen LogP contribution < -0.4 is 0 Å². The summed E-state index contributed by atoms with van der Waals surface area (Å²) in [6.45, 7) is 6.55. The smallest absolute Gasteiger partial charge is 0.0844 e. The zero-order valence-electron chi connectivity index (χ0n) is 9.47. The summed E-state index contributed by atoms with van der Waals surface area (Å²) in [6, 6.07) is 2.28. The molecule has 0 aliphatic carbocycles. The minimum absolute atomic E-state index is 0.0347. The molecule has 2 heterocycles. The number of thiophene rings is 1. The first-order valence-electron chi connectivity index (χ1n) is 5.35. The highest BCUT2D eigenvalue weighted by Crippen LogP contribution is 2.42. The molecule has 1 aromatic heterocycles.